The molecular weight excluding hydrogens is 700 g/mol. The van der Waals surface area contributed by atoms with Crippen molar-refractivity contribution in [3.63, 3.8) is 0 Å². The van der Waals surface area contributed by atoms with Crippen molar-refractivity contribution in [1.82, 2.24) is 29.6 Å². The molecule has 8 rings (SSSR count). The molecule has 0 bridgehead atoms. The van der Waals surface area contributed by atoms with Gasteiger partial charge in [-0.05, 0) is 85.3 Å². The van der Waals surface area contributed by atoms with Crippen LogP contribution >= 0.6 is 0 Å². The topological polar surface area (TPSA) is 143 Å². The van der Waals surface area contributed by atoms with Crippen molar-refractivity contribution in [3.05, 3.63) is 87.6 Å². The largest absolute Gasteiger partial charge is 0.496 e. The summed E-state index contributed by atoms with van der Waals surface area (Å²) >= 11 is 0. The van der Waals surface area contributed by atoms with E-state index in [1.807, 2.05) is 35.4 Å². The second-order valence-electron chi connectivity index (χ2n) is 15.0. The maximum atomic E-state index is 13.1. The molecule has 1 spiro atoms. The summed E-state index contributed by atoms with van der Waals surface area (Å²) in [4.78, 5) is 72.7. The lowest BCUT2D eigenvalue weighted by atomic mass is 9.72. The van der Waals surface area contributed by atoms with E-state index in [4.69, 9.17) is 9.47 Å². The summed E-state index contributed by atoms with van der Waals surface area (Å²) in [6.45, 7) is 4.16. The van der Waals surface area contributed by atoms with Crippen LogP contribution in [0.25, 0.3) is 21.9 Å². The maximum absolute atomic E-state index is 13.1. The van der Waals surface area contributed by atoms with Crippen molar-refractivity contribution in [3.8, 4) is 34.5 Å². The zero-order chi connectivity index (χ0) is 38.4. The van der Waals surface area contributed by atoms with Crippen molar-refractivity contribution >= 4 is 34.4 Å². The van der Waals surface area contributed by atoms with Crippen LogP contribution in [0.3, 0.4) is 0 Å². The number of amides is 4. The standard InChI is InChI=1S/C42H42N6O7/c1-45-22-32(30-11-14-43-20-31(30)40(45)52)27-18-35(54-2)33(36(19-27)55-3)23-46-15-12-42(13-16-46)24-47(25-42)38(50)6-4-5-26-7-8-29-28(17-26)21-48(41(29)53)34-9-10-37(49)44-39(34)51/h7-8,11,14,17-20,22,34H,6,9-10,12-13,15-16,21,23-25H2,1-3H3,(H,44,49,51). The number of imide groups is 1. The Labute approximate surface area is 318 Å². The summed E-state index contributed by atoms with van der Waals surface area (Å²) in [5, 5.41) is 3.69. The molecule has 2 aromatic carbocycles. The molecule has 13 heteroatoms. The second-order valence-corrected chi connectivity index (χ2v) is 15.0. The van der Waals surface area contributed by atoms with Crippen LogP contribution in [-0.2, 0) is 34.5 Å². The number of aryl methyl sites for hydroxylation is 1. The van der Waals surface area contributed by atoms with Crippen molar-refractivity contribution in [2.24, 2.45) is 12.5 Å². The molecule has 4 aliphatic heterocycles. The lowest BCUT2D eigenvalue weighted by molar-refractivity contribution is -0.145. The number of hydrogen-bond donors (Lipinski definition) is 1. The molecule has 0 aliphatic carbocycles. The molecule has 1 N–H and O–H groups in total. The fourth-order valence-electron chi connectivity index (χ4n) is 8.49. The molecule has 3 fully saturated rings. The second kappa shape index (κ2) is 14.3. The molecular formula is C42H42N6O7. The zero-order valence-corrected chi connectivity index (χ0v) is 31.1. The van der Waals surface area contributed by atoms with Gasteiger partial charge in [0.05, 0.1) is 31.6 Å². The first-order chi connectivity index (χ1) is 26.6. The minimum absolute atomic E-state index is 0.0121. The number of nitrogens with zero attached hydrogens (tertiary/aromatic N) is 5. The van der Waals surface area contributed by atoms with E-state index < -0.39 is 11.9 Å². The smallest absolute Gasteiger partial charge is 0.259 e. The molecule has 4 aliphatic rings. The normalized spacial score (nSPS) is 19.1. The molecule has 2 aromatic heterocycles. The molecule has 3 saturated heterocycles. The van der Waals surface area contributed by atoms with E-state index in [2.05, 4.69) is 27.0 Å². The average molecular weight is 743 g/mol. The minimum atomic E-state index is -0.665. The molecule has 1 unspecified atom stereocenters. The van der Waals surface area contributed by atoms with E-state index in [9.17, 15) is 24.0 Å². The lowest BCUT2D eigenvalue weighted by Crippen LogP contribution is -2.61. The van der Waals surface area contributed by atoms with Crippen LogP contribution < -0.4 is 20.3 Å². The highest BCUT2D eigenvalue weighted by Gasteiger charge is 2.46. The van der Waals surface area contributed by atoms with E-state index in [1.165, 1.54) is 4.90 Å². The fourth-order valence-corrected chi connectivity index (χ4v) is 8.49. The van der Waals surface area contributed by atoms with Crippen molar-refractivity contribution in [2.75, 3.05) is 40.4 Å². The van der Waals surface area contributed by atoms with E-state index in [0.717, 1.165) is 78.2 Å². The Balaban J connectivity index is 0.858. The number of ether oxygens (including phenoxy) is 2. The first-order valence-corrected chi connectivity index (χ1v) is 18.5. The number of carbonyl (C=O) groups is 4. The Morgan fingerprint density at radius 3 is 2.44 bits per heavy atom. The summed E-state index contributed by atoms with van der Waals surface area (Å²) in [6.07, 6.45) is 7.71. The van der Waals surface area contributed by atoms with Gasteiger partial charge in [0.1, 0.15) is 17.5 Å². The van der Waals surface area contributed by atoms with Crippen LogP contribution in [-0.4, -0.2) is 94.3 Å². The Bertz CT molecular complexity index is 2350. The summed E-state index contributed by atoms with van der Waals surface area (Å²) in [6, 6.07) is 10.5. The number of benzene rings is 2. The van der Waals surface area contributed by atoms with E-state index in [-0.39, 0.29) is 48.1 Å². The van der Waals surface area contributed by atoms with Gasteiger partial charge in [-0.3, -0.25) is 39.2 Å². The van der Waals surface area contributed by atoms with Gasteiger partial charge in [0.25, 0.3) is 11.5 Å². The molecule has 4 amide bonds. The molecule has 0 saturated carbocycles. The maximum Gasteiger partial charge on any atom is 0.259 e. The van der Waals surface area contributed by atoms with Gasteiger partial charge in [-0.1, -0.05) is 11.8 Å². The summed E-state index contributed by atoms with van der Waals surface area (Å²) in [5.74, 6) is 6.57. The number of likely N-dealkylation sites (tertiary alicyclic amines) is 2. The Morgan fingerprint density at radius 2 is 1.73 bits per heavy atom. The SMILES string of the molecule is COc1cc(-c2cn(C)c(=O)c3cnccc23)cc(OC)c1CN1CCC2(CC1)CN(C(=O)CC#Cc1ccc3c(c1)CN(C1CCC(=O)NC1=O)C3=O)C2. The quantitative estimate of drug-likeness (QED) is 0.223. The zero-order valence-electron chi connectivity index (χ0n) is 31.1. The molecule has 4 aromatic rings. The highest BCUT2D eigenvalue weighted by atomic mass is 16.5. The summed E-state index contributed by atoms with van der Waals surface area (Å²) in [5.41, 5.74) is 4.76. The summed E-state index contributed by atoms with van der Waals surface area (Å²) in [7, 11) is 5.06. The lowest BCUT2D eigenvalue weighted by Gasteiger charge is -2.54. The van der Waals surface area contributed by atoms with Gasteiger partial charge < -0.3 is 23.8 Å². The predicted octanol–water partition coefficient (Wildman–Crippen LogP) is 3.24. The van der Waals surface area contributed by atoms with Gasteiger partial charge in [-0.25, -0.2) is 0 Å². The predicted molar refractivity (Wildman–Crippen MR) is 203 cm³/mol. The number of fused-ring (bicyclic) bond motifs is 2. The van der Waals surface area contributed by atoms with Gasteiger partial charge in [0.2, 0.25) is 17.7 Å². The van der Waals surface area contributed by atoms with Crippen LogP contribution in [0.15, 0.2) is 59.8 Å². The van der Waals surface area contributed by atoms with E-state index in [0.29, 0.717) is 29.5 Å². The van der Waals surface area contributed by atoms with Gasteiger partial charge in [-0.15, -0.1) is 0 Å². The van der Waals surface area contributed by atoms with E-state index >= 15 is 0 Å². The average Bonchev–Trinajstić information content (AvgIpc) is 3.50. The summed E-state index contributed by atoms with van der Waals surface area (Å²) < 4.78 is 13.4. The highest BCUT2D eigenvalue weighted by Crippen LogP contribution is 2.43. The highest BCUT2D eigenvalue weighted by molar-refractivity contribution is 6.05. The Kier molecular flexibility index (Phi) is 9.38. The number of pyridine rings is 2. The van der Waals surface area contributed by atoms with Crippen LogP contribution in [0.2, 0.25) is 0 Å². The molecule has 282 valence electrons. The number of methoxy groups -OCH3 is 2. The van der Waals surface area contributed by atoms with Crippen LogP contribution in [0.1, 0.15) is 59.2 Å². The first-order valence-electron chi connectivity index (χ1n) is 18.5. The van der Waals surface area contributed by atoms with Crippen LogP contribution in [0, 0.1) is 17.3 Å². The third kappa shape index (κ3) is 6.71. The molecule has 13 nitrogen and oxygen atoms in total. The van der Waals surface area contributed by atoms with Gasteiger partial charge >= 0.3 is 0 Å². The molecule has 55 heavy (non-hydrogen) atoms. The first kappa shape index (κ1) is 36.0. The van der Waals surface area contributed by atoms with Crippen molar-refractivity contribution in [1.29, 1.82) is 0 Å². The van der Waals surface area contributed by atoms with Crippen molar-refractivity contribution < 1.29 is 28.7 Å². The number of carbonyl (C=O) groups excluding carboxylic acids is 4. The number of aromatic nitrogens is 2. The van der Waals surface area contributed by atoms with Gasteiger partial charge in [0.15, 0.2) is 0 Å². The van der Waals surface area contributed by atoms with Crippen LogP contribution in [0.5, 0.6) is 11.5 Å². The van der Waals surface area contributed by atoms with Crippen LogP contribution in [0.4, 0.5) is 0 Å². The van der Waals surface area contributed by atoms with Crippen molar-refractivity contribution in [2.45, 2.75) is 51.2 Å². The third-order valence-corrected chi connectivity index (χ3v) is 11.6. The number of piperidine rings is 2. The Morgan fingerprint density at radius 1 is 0.982 bits per heavy atom. The number of hydrogen-bond acceptors (Lipinski definition) is 9. The minimum Gasteiger partial charge on any atom is -0.496 e. The molecule has 6 heterocycles. The Hall–Kier alpha value is -6.00. The van der Waals surface area contributed by atoms with Gasteiger partial charge in [-0.2, -0.15) is 0 Å². The number of rotatable bonds is 7. The fraction of sp³-hybridized carbons (Fsp3) is 0.381. The monoisotopic (exact) mass is 742 g/mol. The third-order valence-electron chi connectivity index (χ3n) is 11.6. The molecule has 0 radical (unpaired) electrons. The number of nitrogens with one attached hydrogen (secondary N) is 1. The van der Waals surface area contributed by atoms with Gasteiger partial charge in [0, 0.05) is 80.3 Å². The molecule has 1 atom stereocenters. The van der Waals surface area contributed by atoms with E-state index in [1.54, 1.807) is 50.4 Å².